The van der Waals surface area contributed by atoms with Crippen molar-refractivity contribution in [1.82, 2.24) is 5.32 Å². The zero-order valence-corrected chi connectivity index (χ0v) is 6.92. The highest BCUT2D eigenvalue weighted by atomic mass is 16.3. The Labute approximate surface area is 71.5 Å². The van der Waals surface area contributed by atoms with Gasteiger partial charge in [-0.2, -0.15) is 0 Å². The molecule has 0 radical (unpaired) electrons. The normalized spacial score (nSPS) is 35.0. The quantitative estimate of drug-likeness (QED) is 0.568. The SMILES string of the molecule is O=C1C=C(O)C2CCCCC2N1. The topological polar surface area (TPSA) is 49.3 Å². The molecular weight excluding hydrogens is 154 g/mol. The Morgan fingerprint density at radius 3 is 3.00 bits per heavy atom. The maximum Gasteiger partial charge on any atom is 0.247 e. The molecule has 1 fully saturated rings. The fourth-order valence-corrected chi connectivity index (χ4v) is 2.12. The molecule has 1 saturated carbocycles. The molecule has 2 rings (SSSR count). The molecule has 1 aliphatic carbocycles. The van der Waals surface area contributed by atoms with Crippen LogP contribution in [0.4, 0.5) is 0 Å². The third-order valence-electron chi connectivity index (χ3n) is 2.75. The minimum atomic E-state index is -0.143. The van der Waals surface area contributed by atoms with Gasteiger partial charge < -0.3 is 10.4 Å². The molecule has 2 atom stereocenters. The van der Waals surface area contributed by atoms with Crippen molar-refractivity contribution in [2.24, 2.45) is 5.92 Å². The van der Waals surface area contributed by atoms with Gasteiger partial charge in [-0.25, -0.2) is 0 Å². The number of amides is 1. The highest BCUT2D eigenvalue weighted by molar-refractivity contribution is 5.89. The lowest BCUT2D eigenvalue weighted by molar-refractivity contribution is -0.118. The van der Waals surface area contributed by atoms with E-state index < -0.39 is 0 Å². The largest absolute Gasteiger partial charge is 0.512 e. The first-order chi connectivity index (χ1) is 5.77. The van der Waals surface area contributed by atoms with Crippen LogP contribution in [0, 0.1) is 5.92 Å². The van der Waals surface area contributed by atoms with E-state index in [0.29, 0.717) is 0 Å². The Kier molecular flexibility index (Phi) is 1.79. The number of carbonyl (C=O) groups is 1. The summed E-state index contributed by atoms with van der Waals surface area (Å²) in [6.45, 7) is 0. The summed E-state index contributed by atoms with van der Waals surface area (Å²) in [7, 11) is 0. The molecule has 2 unspecified atom stereocenters. The summed E-state index contributed by atoms with van der Waals surface area (Å²) in [5, 5.41) is 12.3. The predicted molar refractivity (Wildman–Crippen MR) is 44.6 cm³/mol. The monoisotopic (exact) mass is 167 g/mol. The maximum atomic E-state index is 11.0. The van der Waals surface area contributed by atoms with E-state index in [4.69, 9.17) is 0 Å². The molecule has 66 valence electrons. The van der Waals surface area contributed by atoms with E-state index in [1.165, 1.54) is 6.08 Å². The summed E-state index contributed by atoms with van der Waals surface area (Å²) in [6.07, 6.45) is 5.65. The lowest BCUT2D eigenvalue weighted by atomic mass is 9.81. The van der Waals surface area contributed by atoms with Gasteiger partial charge in [-0.05, 0) is 12.8 Å². The Morgan fingerprint density at radius 1 is 1.42 bits per heavy atom. The molecule has 1 aliphatic heterocycles. The second kappa shape index (κ2) is 2.81. The van der Waals surface area contributed by atoms with Gasteiger partial charge >= 0.3 is 0 Å². The number of hydrogen-bond donors (Lipinski definition) is 2. The fraction of sp³-hybridized carbons (Fsp3) is 0.667. The molecule has 12 heavy (non-hydrogen) atoms. The molecule has 0 aromatic carbocycles. The first-order valence-corrected chi connectivity index (χ1v) is 4.48. The smallest absolute Gasteiger partial charge is 0.247 e. The second-order valence-corrected chi connectivity index (χ2v) is 3.58. The van der Waals surface area contributed by atoms with Crippen LogP contribution < -0.4 is 5.32 Å². The Balaban J connectivity index is 2.19. The van der Waals surface area contributed by atoms with Gasteiger partial charge in [0.25, 0.3) is 0 Å². The second-order valence-electron chi connectivity index (χ2n) is 3.58. The molecule has 2 N–H and O–H groups in total. The molecule has 0 saturated heterocycles. The number of aliphatic hydroxyl groups excluding tert-OH is 1. The van der Waals surface area contributed by atoms with Crippen LogP contribution in [0.3, 0.4) is 0 Å². The van der Waals surface area contributed by atoms with Crippen molar-refractivity contribution in [2.75, 3.05) is 0 Å². The molecule has 3 nitrogen and oxygen atoms in total. The van der Waals surface area contributed by atoms with Crippen LogP contribution in [-0.4, -0.2) is 17.1 Å². The average molecular weight is 167 g/mol. The van der Waals surface area contributed by atoms with E-state index in [1.807, 2.05) is 0 Å². The third-order valence-corrected chi connectivity index (χ3v) is 2.75. The van der Waals surface area contributed by atoms with Crippen molar-refractivity contribution in [3.05, 3.63) is 11.8 Å². The summed E-state index contributed by atoms with van der Waals surface area (Å²) in [4.78, 5) is 11.0. The van der Waals surface area contributed by atoms with E-state index in [9.17, 15) is 9.90 Å². The van der Waals surface area contributed by atoms with Crippen LogP contribution >= 0.6 is 0 Å². The molecular formula is C9H13NO2. The van der Waals surface area contributed by atoms with E-state index in [-0.39, 0.29) is 23.6 Å². The number of carbonyl (C=O) groups excluding carboxylic acids is 1. The summed E-state index contributed by atoms with van der Waals surface area (Å²) in [6, 6.07) is 0.191. The molecule has 0 aromatic rings. The highest BCUT2D eigenvalue weighted by Crippen LogP contribution is 2.30. The number of nitrogens with one attached hydrogen (secondary N) is 1. The molecule has 0 bridgehead atoms. The van der Waals surface area contributed by atoms with Crippen molar-refractivity contribution in [3.8, 4) is 0 Å². The van der Waals surface area contributed by atoms with Crippen molar-refractivity contribution in [2.45, 2.75) is 31.7 Å². The van der Waals surface area contributed by atoms with Crippen molar-refractivity contribution in [3.63, 3.8) is 0 Å². The first kappa shape index (κ1) is 7.65. The van der Waals surface area contributed by atoms with E-state index >= 15 is 0 Å². The summed E-state index contributed by atoms with van der Waals surface area (Å²) >= 11 is 0. The first-order valence-electron chi connectivity index (χ1n) is 4.48. The van der Waals surface area contributed by atoms with Gasteiger partial charge in [-0.15, -0.1) is 0 Å². The van der Waals surface area contributed by atoms with Crippen LogP contribution in [0.15, 0.2) is 11.8 Å². The van der Waals surface area contributed by atoms with Gasteiger partial charge in [-0.1, -0.05) is 12.8 Å². The van der Waals surface area contributed by atoms with Gasteiger partial charge in [-0.3, -0.25) is 4.79 Å². The maximum absolute atomic E-state index is 11.0. The van der Waals surface area contributed by atoms with Gasteiger partial charge in [0, 0.05) is 18.0 Å². The lowest BCUT2D eigenvalue weighted by Gasteiger charge is -2.34. The van der Waals surface area contributed by atoms with Gasteiger partial charge in [0.2, 0.25) is 5.91 Å². The summed E-state index contributed by atoms with van der Waals surface area (Å²) in [5.41, 5.74) is 0. The minimum Gasteiger partial charge on any atom is -0.512 e. The fourth-order valence-electron chi connectivity index (χ4n) is 2.12. The molecule has 0 spiro atoms. The number of hydrogen-bond acceptors (Lipinski definition) is 2. The molecule has 2 aliphatic rings. The number of fused-ring (bicyclic) bond motifs is 1. The Hall–Kier alpha value is -0.990. The summed E-state index contributed by atoms with van der Waals surface area (Å²) < 4.78 is 0. The number of rotatable bonds is 0. The lowest BCUT2D eigenvalue weighted by Crippen LogP contribution is -2.45. The van der Waals surface area contributed by atoms with Crippen LogP contribution in [0.25, 0.3) is 0 Å². The van der Waals surface area contributed by atoms with Crippen LogP contribution in [0.5, 0.6) is 0 Å². The zero-order chi connectivity index (χ0) is 8.55. The van der Waals surface area contributed by atoms with Crippen molar-refractivity contribution >= 4 is 5.91 Å². The standard InChI is InChI=1S/C9H13NO2/c11-8-5-9(12)10-7-4-2-1-3-6(7)8/h5-7,11H,1-4H2,(H,10,12). The highest BCUT2D eigenvalue weighted by Gasteiger charge is 2.32. The summed E-state index contributed by atoms with van der Waals surface area (Å²) in [5.74, 6) is 0.329. The molecule has 3 heteroatoms. The van der Waals surface area contributed by atoms with Gasteiger partial charge in [0.05, 0.1) is 0 Å². The van der Waals surface area contributed by atoms with E-state index in [1.54, 1.807) is 0 Å². The average Bonchev–Trinajstić information content (AvgIpc) is 2.04. The van der Waals surface area contributed by atoms with Crippen LogP contribution in [0.1, 0.15) is 25.7 Å². The van der Waals surface area contributed by atoms with E-state index in [0.717, 1.165) is 25.7 Å². The zero-order valence-electron chi connectivity index (χ0n) is 6.92. The molecule has 1 amide bonds. The van der Waals surface area contributed by atoms with Gasteiger partial charge in [0.15, 0.2) is 0 Å². The van der Waals surface area contributed by atoms with Crippen LogP contribution in [0.2, 0.25) is 0 Å². The van der Waals surface area contributed by atoms with Crippen molar-refractivity contribution < 1.29 is 9.90 Å². The Bertz CT molecular complexity index is 235. The minimum absolute atomic E-state index is 0.143. The molecule has 1 heterocycles. The van der Waals surface area contributed by atoms with Crippen molar-refractivity contribution in [1.29, 1.82) is 0 Å². The van der Waals surface area contributed by atoms with Crippen LogP contribution in [-0.2, 0) is 4.79 Å². The number of aliphatic hydroxyl groups is 1. The molecule has 0 aromatic heterocycles. The predicted octanol–water partition coefficient (Wildman–Crippen LogP) is 1.12. The van der Waals surface area contributed by atoms with Gasteiger partial charge in [0.1, 0.15) is 5.76 Å². The van der Waals surface area contributed by atoms with E-state index in [2.05, 4.69) is 5.32 Å². The Morgan fingerprint density at radius 2 is 2.17 bits per heavy atom. The third kappa shape index (κ3) is 1.19.